The van der Waals surface area contributed by atoms with Gasteiger partial charge in [0.2, 0.25) is 17.8 Å². The summed E-state index contributed by atoms with van der Waals surface area (Å²) in [6.45, 7) is 0. The van der Waals surface area contributed by atoms with Crippen LogP contribution in [0.1, 0.15) is 81.3 Å². The molecule has 3 saturated carbocycles. The van der Waals surface area contributed by atoms with Gasteiger partial charge in [-0.15, -0.1) is 0 Å². The topological polar surface area (TPSA) is 83.8 Å². The first-order chi connectivity index (χ1) is 15.6. The molecule has 0 saturated heterocycles. The van der Waals surface area contributed by atoms with Crippen LogP contribution in [0.2, 0.25) is 0 Å². The van der Waals surface area contributed by atoms with Gasteiger partial charge in [0, 0.05) is 32.1 Å². The number of nitrogens with one attached hydrogen (secondary N) is 2. The number of hydrogen-bond donors (Lipinski definition) is 3. The average Bonchev–Trinajstić information content (AvgIpc) is 3.47. The summed E-state index contributed by atoms with van der Waals surface area (Å²) in [7, 11) is 0. The molecule has 0 bridgehead atoms. The Kier molecular flexibility index (Phi) is 5.66. The van der Waals surface area contributed by atoms with Gasteiger partial charge in [-0.1, -0.05) is 6.07 Å². The molecular weight excluding hydrogens is 436 g/mol. The second-order valence-electron chi connectivity index (χ2n) is 10.4. The molecule has 180 valence electrons. The zero-order valence-corrected chi connectivity index (χ0v) is 18.4. The third kappa shape index (κ3) is 5.03. The van der Waals surface area contributed by atoms with Crippen molar-refractivity contribution in [3.05, 3.63) is 29.6 Å². The predicted molar refractivity (Wildman–Crippen MR) is 116 cm³/mol. The number of nitrogens with two attached hydrogens (primary N) is 1. The zero-order valence-electron chi connectivity index (χ0n) is 18.4. The maximum Gasteiger partial charge on any atom is 0.248 e. The fourth-order valence-corrected chi connectivity index (χ4v) is 5.47. The van der Waals surface area contributed by atoms with Crippen molar-refractivity contribution in [2.45, 2.75) is 81.7 Å². The van der Waals surface area contributed by atoms with Crippen molar-refractivity contribution in [1.82, 2.24) is 15.3 Å². The third-order valence-corrected chi connectivity index (χ3v) is 7.44. The van der Waals surface area contributed by atoms with Crippen LogP contribution in [0.5, 0.6) is 0 Å². The number of aromatic amines is 1. The third-order valence-electron chi connectivity index (χ3n) is 7.44. The normalized spacial score (nSPS) is 26.5. The number of H-pyrrole nitrogens is 1. The molecule has 0 aliphatic heterocycles. The van der Waals surface area contributed by atoms with Crippen LogP contribution in [0.4, 0.5) is 17.6 Å². The summed E-state index contributed by atoms with van der Waals surface area (Å²) in [5.41, 5.74) is 8.69. The summed E-state index contributed by atoms with van der Waals surface area (Å²) in [5, 5.41) is 3.05. The maximum atomic E-state index is 13.8. The van der Waals surface area contributed by atoms with E-state index in [2.05, 4.69) is 15.3 Å². The van der Waals surface area contributed by atoms with Crippen LogP contribution in [-0.4, -0.2) is 27.7 Å². The lowest BCUT2D eigenvalue weighted by Crippen LogP contribution is -2.39. The van der Waals surface area contributed by atoms with Crippen LogP contribution in [0.15, 0.2) is 18.2 Å². The highest BCUT2D eigenvalue weighted by Crippen LogP contribution is 2.45. The van der Waals surface area contributed by atoms with E-state index in [4.69, 9.17) is 5.73 Å². The number of aromatic nitrogens is 2. The molecule has 0 radical (unpaired) electrons. The molecule has 5 rings (SSSR count). The summed E-state index contributed by atoms with van der Waals surface area (Å²) in [6, 6.07) is 4.91. The van der Waals surface area contributed by atoms with Crippen molar-refractivity contribution in [2.75, 3.05) is 0 Å². The molecule has 1 amide bonds. The number of carbonyl (C=O) groups excluding carboxylic acids is 1. The van der Waals surface area contributed by atoms with Crippen molar-refractivity contribution < 1.29 is 22.4 Å². The Balaban J connectivity index is 1.29. The second kappa shape index (κ2) is 8.25. The lowest BCUT2D eigenvalue weighted by molar-refractivity contribution is -0.134. The number of hydrogen-bond acceptors (Lipinski definition) is 3. The molecule has 4 N–H and O–H groups in total. The Hall–Kier alpha value is -2.16. The Bertz CT molecular complexity index is 1030. The summed E-state index contributed by atoms with van der Waals surface area (Å²) in [6.07, 6.45) is 2.49. The smallest absolute Gasteiger partial charge is 0.248 e. The summed E-state index contributed by atoms with van der Waals surface area (Å²) < 4.78 is 53.9. The first-order valence-electron chi connectivity index (χ1n) is 11.9. The predicted octanol–water partition coefficient (Wildman–Crippen LogP) is 5.39. The standard InChI is InChI=1S/C24H30F4N4O/c25-23(26)7-1-2-16(12-23)20(29)22-30-17-6-5-15(9-18(17)31-22)21(14-3-4-14)32-19(33)8-13-10-24(27,28)11-13/h5-6,9,13-14,16,20-21H,1-4,7-8,10-12,29H2,(H,30,31)(H,32,33)/t16-,20?,21+/m0/s1. The van der Waals surface area contributed by atoms with Crippen LogP contribution in [0, 0.1) is 17.8 Å². The van der Waals surface area contributed by atoms with E-state index in [0.29, 0.717) is 30.1 Å². The molecule has 1 unspecified atom stereocenters. The first-order valence-corrected chi connectivity index (χ1v) is 11.9. The Labute approximate surface area is 189 Å². The highest BCUT2D eigenvalue weighted by atomic mass is 19.3. The summed E-state index contributed by atoms with van der Waals surface area (Å²) in [5.74, 6) is -5.26. The zero-order chi connectivity index (χ0) is 23.4. The van der Waals surface area contributed by atoms with E-state index in [0.717, 1.165) is 23.9 Å². The van der Waals surface area contributed by atoms with Crippen LogP contribution in [-0.2, 0) is 4.79 Å². The van der Waals surface area contributed by atoms with E-state index in [1.807, 2.05) is 18.2 Å². The molecular formula is C24H30F4N4O. The average molecular weight is 467 g/mol. The first kappa shape index (κ1) is 22.6. The highest BCUT2D eigenvalue weighted by Gasteiger charge is 2.46. The van der Waals surface area contributed by atoms with Gasteiger partial charge in [-0.3, -0.25) is 4.79 Å². The number of fused-ring (bicyclic) bond motifs is 1. The summed E-state index contributed by atoms with van der Waals surface area (Å²) in [4.78, 5) is 20.3. The van der Waals surface area contributed by atoms with Gasteiger partial charge in [-0.25, -0.2) is 22.5 Å². The van der Waals surface area contributed by atoms with Crippen LogP contribution in [0.3, 0.4) is 0 Å². The number of nitrogens with zero attached hydrogens (tertiary/aromatic N) is 1. The van der Waals surface area contributed by atoms with E-state index >= 15 is 0 Å². The van der Waals surface area contributed by atoms with Gasteiger partial charge in [0.15, 0.2) is 0 Å². The lowest BCUT2D eigenvalue weighted by Gasteiger charge is -2.34. The molecule has 1 aromatic carbocycles. The summed E-state index contributed by atoms with van der Waals surface area (Å²) >= 11 is 0. The van der Waals surface area contributed by atoms with Crippen molar-refractivity contribution in [3.63, 3.8) is 0 Å². The minimum absolute atomic E-state index is 0.0862. The molecule has 33 heavy (non-hydrogen) atoms. The minimum Gasteiger partial charge on any atom is -0.349 e. The number of imidazole rings is 1. The van der Waals surface area contributed by atoms with E-state index < -0.39 is 17.9 Å². The van der Waals surface area contributed by atoms with Crippen molar-refractivity contribution in [2.24, 2.45) is 23.5 Å². The fourth-order valence-electron chi connectivity index (χ4n) is 5.47. The highest BCUT2D eigenvalue weighted by molar-refractivity contribution is 5.78. The molecule has 1 aromatic heterocycles. The number of halogens is 4. The van der Waals surface area contributed by atoms with Crippen molar-refractivity contribution in [1.29, 1.82) is 0 Å². The van der Waals surface area contributed by atoms with Crippen LogP contribution >= 0.6 is 0 Å². The van der Waals surface area contributed by atoms with Gasteiger partial charge in [0.1, 0.15) is 5.82 Å². The second-order valence-corrected chi connectivity index (χ2v) is 10.4. The molecule has 3 aliphatic rings. The van der Waals surface area contributed by atoms with Gasteiger partial charge in [-0.05, 0) is 61.1 Å². The van der Waals surface area contributed by atoms with Gasteiger partial charge in [-0.2, -0.15) is 0 Å². The Morgan fingerprint density at radius 2 is 1.88 bits per heavy atom. The molecule has 3 aliphatic carbocycles. The van der Waals surface area contributed by atoms with E-state index in [9.17, 15) is 22.4 Å². The minimum atomic E-state index is -2.68. The number of carbonyl (C=O) groups is 1. The van der Waals surface area contributed by atoms with Gasteiger partial charge in [0.25, 0.3) is 0 Å². The number of benzene rings is 1. The molecule has 3 atom stereocenters. The van der Waals surface area contributed by atoms with Crippen molar-refractivity contribution >= 4 is 16.9 Å². The van der Waals surface area contributed by atoms with E-state index in [1.165, 1.54) is 0 Å². The maximum absolute atomic E-state index is 13.8. The number of amides is 1. The van der Waals surface area contributed by atoms with Gasteiger partial charge in [0.05, 0.1) is 23.1 Å². The van der Waals surface area contributed by atoms with Gasteiger partial charge >= 0.3 is 0 Å². The monoisotopic (exact) mass is 466 g/mol. The van der Waals surface area contributed by atoms with Crippen LogP contribution < -0.4 is 11.1 Å². The molecule has 1 heterocycles. The van der Waals surface area contributed by atoms with E-state index in [1.54, 1.807) is 0 Å². The fraction of sp³-hybridized carbons (Fsp3) is 0.667. The number of rotatable bonds is 7. The lowest BCUT2D eigenvalue weighted by atomic mass is 9.79. The SMILES string of the molecule is NC(c1nc2ccc([C@H](NC(=O)CC3CC(F)(F)C3)C3CC3)cc2[nH]1)[C@H]1CCCC(F)(F)C1. The Morgan fingerprint density at radius 1 is 1.12 bits per heavy atom. The van der Waals surface area contributed by atoms with Crippen LogP contribution in [0.25, 0.3) is 11.0 Å². The van der Waals surface area contributed by atoms with Crippen molar-refractivity contribution in [3.8, 4) is 0 Å². The number of alkyl halides is 4. The van der Waals surface area contributed by atoms with E-state index in [-0.39, 0.29) is 55.9 Å². The van der Waals surface area contributed by atoms with Gasteiger partial charge < -0.3 is 16.0 Å². The molecule has 9 heteroatoms. The molecule has 5 nitrogen and oxygen atoms in total. The Morgan fingerprint density at radius 3 is 2.55 bits per heavy atom. The largest absolute Gasteiger partial charge is 0.349 e. The molecule has 0 spiro atoms. The molecule has 2 aromatic rings. The quantitative estimate of drug-likeness (QED) is 0.479. The molecule has 3 fully saturated rings.